The lowest BCUT2D eigenvalue weighted by atomic mass is 9.90. The van der Waals surface area contributed by atoms with E-state index >= 15 is 0 Å². The van der Waals surface area contributed by atoms with Crippen molar-refractivity contribution in [1.82, 2.24) is 9.55 Å². The van der Waals surface area contributed by atoms with Crippen LogP contribution in [-0.4, -0.2) is 38.7 Å². The molecule has 1 aliphatic heterocycles. The Morgan fingerprint density at radius 1 is 1.11 bits per heavy atom. The first-order valence-corrected chi connectivity index (χ1v) is 12.9. The van der Waals surface area contributed by atoms with Gasteiger partial charge in [0, 0.05) is 24.1 Å². The highest BCUT2D eigenvalue weighted by Gasteiger charge is 2.39. The number of nitrogens with zero attached hydrogens (tertiary/aromatic N) is 2. The zero-order chi connectivity index (χ0) is 27.4. The molecule has 9 nitrogen and oxygen atoms in total. The van der Waals surface area contributed by atoms with Crippen LogP contribution in [0, 0.1) is 5.92 Å². The number of anilines is 1. The fraction of sp³-hybridized carbons (Fsp3) is 0.370. The van der Waals surface area contributed by atoms with Crippen LogP contribution >= 0.6 is 23.2 Å². The van der Waals surface area contributed by atoms with E-state index in [0.717, 1.165) is 16.7 Å². The summed E-state index contributed by atoms with van der Waals surface area (Å²) in [5.74, 6) is -1.03. The lowest BCUT2D eigenvalue weighted by Crippen LogP contribution is -2.39. The van der Waals surface area contributed by atoms with Gasteiger partial charge in [-0.3, -0.25) is 9.59 Å². The molecule has 2 heterocycles. The maximum absolute atomic E-state index is 12.3. The molecule has 0 aliphatic carbocycles. The van der Waals surface area contributed by atoms with Gasteiger partial charge < -0.3 is 29.2 Å². The molecule has 11 heteroatoms. The highest BCUT2D eigenvalue weighted by molar-refractivity contribution is 6.40. The predicted molar refractivity (Wildman–Crippen MR) is 142 cm³/mol. The molecule has 0 unspecified atom stereocenters. The maximum Gasteiger partial charge on any atom is 0.303 e. The summed E-state index contributed by atoms with van der Waals surface area (Å²) in [7, 11) is 0. The van der Waals surface area contributed by atoms with E-state index in [1.165, 1.54) is 13.8 Å². The molecular formula is C27H29Cl2N3O6. The number of benzene rings is 2. The number of rotatable bonds is 8. The minimum absolute atomic E-state index is 0.0435. The van der Waals surface area contributed by atoms with E-state index in [-0.39, 0.29) is 29.9 Å². The van der Waals surface area contributed by atoms with E-state index in [2.05, 4.69) is 10.3 Å². The van der Waals surface area contributed by atoms with Crippen LogP contribution in [0.2, 0.25) is 10.3 Å². The molecule has 1 aromatic heterocycles. The van der Waals surface area contributed by atoms with Crippen molar-refractivity contribution in [3.8, 4) is 0 Å². The molecule has 0 radical (unpaired) electrons. The minimum atomic E-state index is -0.916. The number of carbonyl (C=O) groups excluding carboxylic acids is 2. The van der Waals surface area contributed by atoms with Crippen molar-refractivity contribution in [1.29, 1.82) is 0 Å². The van der Waals surface area contributed by atoms with Gasteiger partial charge in [0.1, 0.15) is 5.15 Å². The Bertz CT molecular complexity index is 1260. The highest BCUT2D eigenvalue weighted by Crippen LogP contribution is 2.42. The average Bonchev–Trinajstić information content (AvgIpc) is 3.22. The van der Waals surface area contributed by atoms with Crippen molar-refractivity contribution in [2.75, 3.05) is 5.32 Å². The van der Waals surface area contributed by atoms with Crippen LogP contribution in [0.15, 0.2) is 54.9 Å². The minimum Gasteiger partial charge on any atom is -0.453 e. The molecule has 38 heavy (non-hydrogen) atoms. The Hall–Kier alpha value is -2.95. The SMILES string of the molecule is CC(=O)O[C@@H](C)C(=O)Nc1ccc([C@H]2O[C@@H](Cn3cnc(Cl)c3Cl)[C@@H](C)[C@@H](c3ccc(CO)cc3)O2)cc1. The fourth-order valence-electron chi connectivity index (χ4n) is 4.26. The first-order chi connectivity index (χ1) is 18.2. The van der Waals surface area contributed by atoms with Crippen LogP contribution in [-0.2, 0) is 37.0 Å². The zero-order valence-electron chi connectivity index (χ0n) is 21.1. The molecule has 0 bridgehead atoms. The number of hydrogen-bond donors (Lipinski definition) is 2. The molecular weight excluding hydrogens is 533 g/mol. The van der Waals surface area contributed by atoms with Crippen molar-refractivity contribution in [2.24, 2.45) is 5.92 Å². The standard InChI is InChI=1S/C27H29Cl2N3O6/c1-15-22(12-32-14-30-24(28)25(32)29)37-27(38-23(15)19-6-4-18(13-33)5-7-19)20-8-10-21(11-9-20)31-26(35)16(2)36-17(3)34/h4-11,14-16,22-23,27,33H,12-13H2,1-3H3,(H,31,35)/t15-,16+,22+,23+,27+/m1/s1. The molecule has 2 aromatic carbocycles. The summed E-state index contributed by atoms with van der Waals surface area (Å²) in [6, 6.07) is 14.7. The molecule has 0 spiro atoms. The van der Waals surface area contributed by atoms with Crippen molar-refractivity contribution >= 4 is 40.8 Å². The number of aromatic nitrogens is 2. The second-order valence-corrected chi connectivity index (χ2v) is 9.88. The Labute approximate surface area is 230 Å². The molecule has 1 aliphatic rings. The van der Waals surface area contributed by atoms with Crippen LogP contribution in [0.4, 0.5) is 5.69 Å². The lowest BCUT2D eigenvalue weighted by molar-refractivity contribution is -0.276. The number of nitrogens with one attached hydrogen (secondary N) is 1. The zero-order valence-corrected chi connectivity index (χ0v) is 22.6. The lowest BCUT2D eigenvalue weighted by Gasteiger charge is -2.41. The van der Waals surface area contributed by atoms with Crippen molar-refractivity contribution < 1.29 is 28.9 Å². The quantitative estimate of drug-likeness (QED) is 0.369. The topological polar surface area (TPSA) is 112 Å². The third-order valence-electron chi connectivity index (χ3n) is 6.40. The largest absolute Gasteiger partial charge is 0.453 e. The van der Waals surface area contributed by atoms with Crippen molar-refractivity contribution in [2.45, 2.75) is 58.5 Å². The van der Waals surface area contributed by atoms with Crippen molar-refractivity contribution in [3.63, 3.8) is 0 Å². The van der Waals surface area contributed by atoms with E-state index in [0.29, 0.717) is 17.4 Å². The average molecular weight is 562 g/mol. The molecule has 0 saturated carbocycles. The van der Waals surface area contributed by atoms with Gasteiger partial charge >= 0.3 is 5.97 Å². The third-order valence-corrected chi connectivity index (χ3v) is 7.16. The van der Waals surface area contributed by atoms with E-state index < -0.39 is 24.3 Å². The molecule has 4 rings (SSSR count). The Morgan fingerprint density at radius 2 is 1.76 bits per heavy atom. The number of carbonyl (C=O) groups is 2. The van der Waals surface area contributed by atoms with Crippen LogP contribution in [0.3, 0.4) is 0 Å². The van der Waals surface area contributed by atoms with Crippen molar-refractivity contribution in [3.05, 3.63) is 81.9 Å². The number of aliphatic hydroxyl groups excluding tert-OH is 1. The van der Waals surface area contributed by atoms with E-state index in [1.54, 1.807) is 35.2 Å². The third kappa shape index (κ3) is 6.54. The number of halogens is 2. The van der Waals surface area contributed by atoms with Crippen LogP contribution < -0.4 is 5.32 Å². The van der Waals surface area contributed by atoms with Gasteiger partial charge in [0.15, 0.2) is 17.5 Å². The van der Waals surface area contributed by atoms with Gasteiger partial charge in [0.25, 0.3) is 5.91 Å². The molecule has 5 atom stereocenters. The summed E-state index contributed by atoms with van der Waals surface area (Å²) in [6.45, 7) is 5.16. The van der Waals surface area contributed by atoms with E-state index in [4.69, 9.17) is 37.4 Å². The Morgan fingerprint density at radius 3 is 2.34 bits per heavy atom. The molecule has 1 amide bonds. The second kappa shape index (κ2) is 12.3. The number of esters is 1. The summed E-state index contributed by atoms with van der Waals surface area (Å²) in [6.07, 6.45) is -0.664. The maximum atomic E-state index is 12.3. The van der Waals surface area contributed by atoms with Gasteiger partial charge in [-0.05, 0) is 30.2 Å². The van der Waals surface area contributed by atoms with Crippen LogP contribution in [0.25, 0.3) is 0 Å². The Balaban J connectivity index is 1.56. The van der Waals surface area contributed by atoms with Gasteiger partial charge in [-0.25, -0.2) is 4.98 Å². The molecule has 3 aromatic rings. The van der Waals surface area contributed by atoms with Gasteiger partial charge in [-0.15, -0.1) is 0 Å². The number of aliphatic hydroxyl groups is 1. The van der Waals surface area contributed by atoms with Gasteiger partial charge in [0.05, 0.1) is 31.7 Å². The Kier molecular flexibility index (Phi) is 9.07. The molecule has 202 valence electrons. The van der Waals surface area contributed by atoms with Gasteiger partial charge in [-0.1, -0.05) is 66.5 Å². The van der Waals surface area contributed by atoms with E-state index in [9.17, 15) is 14.7 Å². The fourth-order valence-corrected chi connectivity index (χ4v) is 4.58. The van der Waals surface area contributed by atoms with Crippen LogP contribution in [0.1, 0.15) is 49.9 Å². The first-order valence-electron chi connectivity index (χ1n) is 12.1. The number of amides is 1. The van der Waals surface area contributed by atoms with Crippen LogP contribution in [0.5, 0.6) is 0 Å². The summed E-state index contributed by atoms with van der Waals surface area (Å²) >= 11 is 12.4. The number of imidazole rings is 1. The summed E-state index contributed by atoms with van der Waals surface area (Å²) in [5.41, 5.74) is 3.04. The first kappa shape index (κ1) is 28.1. The molecule has 2 N–H and O–H groups in total. The number of ether oxygens (including phenoxy) is 3. The van der Waals surface area contributed by atoms with Gasteiger partial charge in [-0.2, -0.15) is 0 Å². The normalized spacial score (nSPS) is 22.1. The van der Waals surface area contributed by atoms with E-state index in [1.807, 2.05) is 31.2 Å². The monoisotopic (exact) mass is 561 g/mol. The molecule has 1 fully saturated rings. The summed E-state index contributed by atoms with van der Waals surface area (Å²) < 4.78 is 19.5. The summed E-state index contributed by atoms with van der Waals surface area (Å²) in [4.78, 5) is 27.5. The second-order valence-electron chi connectivity index (χ2n) is 9.16. The predicted octanol–water partition coefficient (Wildman–Crippen LogP) is 5.06. The summed E-state index contributed by atoms with van der Waals surface area (Å²) in [5, 5.41) is 12.7. The number of hydrogen-bond acceptors (Lipinski definition) is 7. The smallest absolute Gasteiger partial charge is 0.303 e. The van der Waals surface area contributed by atoms with Gasteiger partial charge in [0.2, 0.25) is 0 Å². The highest BCUT2D eigenvalue weighted by atomic mass is 35.5. The molecule has 1 saturated heterocycles.